The van der Waals surface area contributed by atoms with Gasteiger partial charge in [-0.2, -0.15) is 0 Å². The average Bonchev–Trinajstić information content (AvgIpc) is 3.40. The van der Waals surface area contributed by atoms with Crippen LogP contribution in [0.25, 0.3) is 0 Å². The predicted molar refractivity (Wildman–Crippen MR) is 321 cm³/mol. The van der Waals surface area contributed by atoms with Crippen LogP contribution in [-0.2, 0) is 28.6 Å². The number of hydrogen-bond acceptors (Lipinski definition) is 6. The summed E-state index contributed by atoms with van der Waals surface area (Å²) in [5.74, 6) is -0.845. The number of rotatable bonds is 63. The van der Waals surface area contributed by atoms with E-state index in [4.69, 9.17) is 14.2 Å². The topological polar surface area (TPSA) is 78.9 Å². The van der Waals surface area contributed by atoms with Gasteiger partial charge in [-0.25, -0.2) is 0 Å². The first kappa shape index (κ1) is 72.2. The maximum atomic E-state index is 12.8. The van der Waals surface area contributed by atoms with Gasteiger partial charge in [-0.1, -0.05) is 335 Å². The fraction of sp³-hybridized carbons (Fsp3) is 0.926. The molecule has 0 aliphatic carbocycles. The summed E-state index contributed by atoms with van der Waals surface area (Å²) in [5.41, 5.74) is 0. The SMILES string of the molecule is CCCCCCCCCC/C=C\CCCCCCCCCCCCCCCCCCCCCCCC(=O)OCC(COC(=O)CCCCCCCC)OC(=O)CCCCCCCCCCCCCCCCCCC. The Morgan fingerprint density at radius 3 is 0.676 bits per heavy atom. The van der Waals surface area contributed by atoms with Gasteiger partial charge < -0.3 is 14.2 Å². The average molecular weight is 1040 g/mol. The molecule has 0 saturated heterocycles. The van der Waals surface area contributed by atoms with Crippen molar-refractivity contribution in [1.82, 2.24) is 0 Å². The van der Waals surface area contributed by atoms with E-state index >= 15 is 0 Å². The highest BCUT2D eigenvalue weighted by atomic mass is 16.6. The number of unbranched alkanes of at least 4 members (excludes halogenated alkanes) is 50. The predicted octanol–water partition coefficient (Wildman–Crippen LogP) is 22.8. The van der Waals surface area contributed by atoms with E-state index in [1.54, 1.807) is 0 Å². The molecule has 0 aliphatic heterocycles. The lowest BCUT2D eigenvalue weighted by Crippen LogP contribution is -2.30. The second kappa shape index (κ2) is 63.7. The van der Waals surface area contributed by atoms with Crippen LogP contribution in [0.4, 0.5) is 0 Å². The van der Waals surface area contributed by atoms with E-state index in [2.05, 4.69) is 32.9 Å². The first-order chi connectivity index (χ1) is 36.5. The number of hydrogen-bond donors (Lipinski definition) is 0. The Balaban J connectivity index is 3.90. The molecule has 1 atom stereocenters. The minimum atomic E-state index is -0.762. The fourth-order valence-electron chi connectivity index (χ4n) is 10.4. The lowest BCUT2D eigenvalue weighted by atomic mass is 10.0. The van der Waals surface area contributed by atoms with Gasteiger partial charge in [-0.3, -0.25) is 14.4 Å². The van der Waals surface area contributed by atoms with E-state index in [0.717, 1.165) is 57.8 Å². The van der Waals surface area contributed by atoms with Crippen molar-refractivity contribution in [2.24, 2.45) is 0 Å². The first-order valence-corrected chi connectivity index (χ1v) is 33.7. The summed E-state index contributed by atoms with van der Waals surface area (Å²) in [6, 6.07) is 0. The van der Waals surface area contributed by atoms with Crippen molar-refractivity contribution in [3.8, 4) is 0 Å². The molecule has 0 saturated carbocycles. The molecular weight excluding hydrogens is 913 g/mol. The molecule has 0 bridgehead atoms. The van der Waals surface area contributed by atoms with Crippen LogP contribution < -0.4 is 0 Å². The third kappa shape index (κ3) is 61.0. The van der Waals surface area contributed by atoms with E-state index in [1.165, 1.54) is 289 Å². The number of carbonyl (C=O) groups is 3. The second-order valence-electron chi connectivity index (χ2n) is 23.1. The highest BCUT2D eigenvalue weighted by molar-refractivity contribution is 5.71. The van der Waals surface area contributed by atoms with E-state index in [9.17, 15) is 14.4 Å². The van der Waals surface area contributed by atoms with E-state index in [-0.39, 0.29) is 31.1 Å². The van der Waals surface area contributed by atoms with E-state index in [0.29, 0.717) is 19.3 Å². The highest BCUT2D eigenvalue weighted by Gasteiger charge is 2.19. The van der Waals surface area contributed by atoms with Crippen molar-refractivity contribution < 1.29 is 28.6 Å². The van der Waals surface area contributed by atoms with Gasteiger partial charge >= 0.3 is 17.9 Å². The molecule has 0 heterocycles. The van der Waals surface area contributed by atoms with Gasteiger partial charge in [0.25, 0.3) is 0 Å². The molecule has 0 spiro atoms. The number of carbonyl (C=O) groups excluding carboxylic acids is 3. The van der Waals surface area contributed by atoms with Crippen LogP contribution in [-0.4, -0.2) is 37.2 Å². The Bertz CT molecular complexity index is 1150. The number of ether oxygens (including phenoxy) is 3. The molecule has 1 unspecified atom stereocenters. The Morgan fingerprint density at radius 1 is 0.257 bits per heavy atom. The molecule has 0 radical (unpaired) electrons. The summed E-state index contributed by atoms with van der Waals surface area (Å²) >= 11 is 0. The molecule has 6 nitrogen and oxygen atoms in total. The van der Waals surface area contributed by atoms with Gasteiger partial charge in [0.05, 0.1) is 0 Å². The van der Waals surface area contributed by atoms with Gasteiger partial charge in [-0.05, 0) is 44.9 Å². The molecule has 74 heavy (non-hydrogen) atoms. The van der Waals surface area contributed by atoms with Gasteiger partial charge in [0, 0.05) is 19.3 Å². The molecular formula is C68H130O6. The lowest BCUT2D eigenvalue weighted by molar-refractivity contribution is -0.167. The normalized spacial score (nSPS) is 12.0. The number of allylic oxidation sites excluding steroid dienone is 2. The van der Waals surface area contributed by atoms with Crippen LogP contribution in [0.1, 0.15) is 387 Å². The van der Waals surface area contributed by atoms with Crippen LogP contribution in [0.2, 0.25) is 0 Å². The minimum absolute atomic E-state index is 0.0633. The summed E-state index contributed by atoms with van der Waals surface area (Å²) in [6.07, 6.45) is 75.7. The summed E-state index contributed by atoms with van der Waals surface area (Å²) in [5, 5.41) is 0. The Morgan fingerprint density at radius 2 is 0.446 bits per heavy atom. The molecule has 6 heteroatoms. The third-order valence-electron chi connectivity index (χ3n) is 15.5. The zero-order chi connectivity index (χ0) is 53.6. The van der Waals surface area contributed by atoms with Crippen LogP contribution in [0.3, 0.4) is 0 Å². The van der Waals surface area contributed by atoms with Crippen molar-refractivity contribution in [3.63, 3.8) is 0 Å². The fourth-order valence-corrected chi connectivity index (χ4v) is 10.4. The maximum absolute atomic E-state index is 12.8. The number of esters is 3. The monoisotopic (exact) mass is 1040 g/mol. The summed E-state index contributed by atoms with van der Waals surface area (Å²) < 4.78 is 16.8. The van der Waals surface area contributed by atoms with Crippen molar-refractivity contribution in [3.05, 3.63) is 12.2 Å². The molecule has 0 aromatic heterocycles. The van der Waals surface area contributed by atoms with Crippen LogP contribution >= 0.6 is 0 Å². The molecule has 0 N–H and O–H groups in total. The Labute approximate surface area is 462 Å². The van der Waals surface area contributed by atoms with Crippen molar-refractivity contribution in [1.29, 1.82) is 0 Å². The molecule has 0 amide bonds. The third-order valence-corrected chi connectivity index (χ3v) is 15.5. The van der Waals surface area contributed by atoms with Crippen molar-refractivity contribution >= 4 is 17.9 Å². The van der Waals surface area contributed by atoms with Gasteiger partial charge in [0.15, 0.2) is 6.10 Å². The largest absolute Gasteiger partial charge is 0.462 e. The lowest BCUT2D eigenvalue weighted by Gasteiger charge is -2.18. The zero-order valence-corrected chi connectivity index (χ0v) is 50.4. The quantitative estimate of drug-likeness (QED) is 0.0261. The second-order valence-corrected chi connectivity index (χ2v) is 23.1. The molecule has 0 rings (SSSR count). The van der Waals surface area contributed by atoms with E-state index in [1.807, 2.05) is 0 Å². The van der Waals surface area contributed by atoms with Gasteiger partial charge in [-0.15, -0.1) is 0 Å². The Kier molecular flexibility index (Phi) is 62.1. The van der Waals surface area contributed by atoms with Crippen molar-refractivity contribution in [2.45, 2.75) is 393 Å². The smallest absolute Gasteiger partial charge is 0.306 e. The molecule has 0 fully saturated rings. The van der Waals surface area contributed by atoms with Crippen LogP contribution in [0, 0.1) is 0 Å². The van der Waals surface area contributed by atoms with E-state index < -0.39 is 6.10 Å². The van der Waals surface area contributed by atoms with Crippen LogP contribution in [0.5, 0.6) is 0 Å². The summed E-state index contributed by atoms with van der Waals surface area (Å²) in [6.45, 7) is 6.65. The minimum Gasteiger partial charge on any atom is -0.462 e. The molecule has 438 valence electrons. The maximum Gasteiger partial charge on any atom is 0.306 e. The summed E-state index contributed by atoms with van der Waals surface area (Å²) in [4.78, 5) is 38.0. The Hall–Kier alpha value is -1.85. The molecule has 0 aliphatic rings. The zero-order valence-electron chi connectivity index (χ0n) is 50.4. The van der Waals surface area contributed by atoms with Gasteiger partial charge in [0.1, 0.15) is 13.2 Å². The summed E-state index contributed by atoms with van der Waals surface area (Å²) in [7, 11) is 0. The highest BCUT2D eigenvalue weighted by Crippen LogP contribution is 2.19. The standard InChI is InChI=1S/C68H130O6/c1-4-7-10-13-16-18-20-22-24-26-27-28-29-30-31-32-33-34-35-36-37-38-39-40-41-43-44-46-48-50-52-55-58-61-67(70)73-64-65(63-72-66(69)60-57-54-15-12-9-6-3)74-68(71)62-59-56-53-51-49-47-45-42-25-23-21-19-17-14-11-8-5-2/h26-27,65H,4-25,28-64H2,1-3H3/b27-26-. The molecule has 0 aromatic rings. The van der Waals surface area contributed by atoms with Gasteiger partial charge in [0.2, 0.25) is 0 Å². The first-order valence-electron chi connectivity index (χ1n) is 33.7. The molecule has 0 aromatic carbocycles. The van der Waals surface area contributed by atoms with Crippen molar-refractivity contribution in [2.75, 3.05) is 13.2 Å². The van der Waals surface area contributed by atoms with Crippen LogP contribution in [0.15, 0.2) is 12.2 Å².